The lowest BCUT2D eigenvalue weighted by molar-refractivity contribution is 0.0625. The summed E-state index contributed by atoms with van der Waals surface area (Å²) in [6, 6.07) is 8.51. The number of amides is 1. The van der Waals surface area contributed by atoms with Crippen molar-refractivity contribution in [3.05, 3.63) is 62.8 Å². The lowest BCUT2D eigenvalue weighted by Gasteiger charge is -2.35. The van der Waals surface area contributed by atoms with Crippen molar-refractivity contribution < 1.29 is 4.79 Å². The minimum Gasteiger partial charge on any atom is -0.336 e. The van der Waals surface area contributed by atoms with Crippen LogP contribution >= 0.6 is 0 Å². The molecule has 28 heavy (non-hydrogen) atoms. The summed E-state index contributed by atoms with van der Waals surface area (Å²) >= 11 is 0. The van der Waals surface area contributed by atoms with E-state index in [2.05, 4.69) is 46.1 Å². The molecule has 6 nitrogen and oxygen atoms in total. The Kier molecular flexibility index (Phi) is 5.70. The van der Waals surface area contributed by atoms with Gasteiger partial charge in [-0.1, -0.05) is 50.6 Å². The van der Waals surface area contributed by atoms with Gasteiger partial charge in [-0.2, -0.15) is 0 Å². The molecule has 3 rings (SSSR count). The predicted octanol–water partition coefficient (Wildman–Crippen LogP) is 2.64. The molecule has 1 aliphatic heterocycles. The minimum absolute atomic E-state index is 0.167. The summed E-state index contributed by atoms with van der Waals surface area (Å²) in [5, 5.41) is 0. The molecule has 0 bridgehead atoms. The average molecular weight is 383 g/mol. The van der Waals surface area contributed by atoms with Crippen molar-refractivity contribution in [1.82, 2.24) is 19.8 Å². The Balaban J connectivity index is 1.68. The van der Waals surface area contributed by atoms with Gasteiger partial charge in [0.1, 0.15) is 11.4 Å². The molecule has 1 fully saturated rings. The van der Waals surface area contributed by atoms with Crippen LogP contribution in [0.15, 0.2) is 29.1 Å². The predicted molar refractivity (Wildman–Crippen MR) is 111 cm³/mol. The maximum atomic E-state index is 13.0. The van der Waals surface area contributed by atoms with Gasteiger partial charge in [0.25, 0.3) is 11.5 Å². The van der Waals surface area contributed by atoms with E-state index in [0.717, 1.165) is 19.6 Å². The first-order chi connectivity index (χ1) is 13.1. The zero-order chi connectivity index (χ0) is 20.5. The summed E-state index contributed by atoms with van der Waals surface area (Å²) in [5.74, 6) is 0.386. The molecule has 150 valence electrons. The molecule has 0 aliphatic carbocycles. The van der Waals surface area contributed by atoms with Gasteiger partial charge in [0.15, 0.2) is 0 Å². The van der Waals surface area contributed by atoms with E-state index in [1.54, 1.807) is 11.8 Å². The third kappa shape index (κ3) is 4.50. The Bertz CT molecular complexity index is 919. The van der Waals surface area contributed by atoms with Crippen molar-refractivity contribution in [3.63, 3.8) is 0 Å². The number of aromatic nitrogens is 2. The number of hydrogen-bond donors (Lipinski definition) is 1. The topological polar surface area (TPSA) is 69.3 Å². The van der Waals surface area contributed by atoms with Crippen molar-refractivity contribution in [1.29, 1.82) is 0 Å². The molecule has 0 unspecified atom stereocenters. The summed E-state index contributed by atoms with van der Waals surface area (Å²) in [5.41, 5.74) is 2.60. The summed E-state index contributed by atoms with van der Waals surface area (Å²) in [4.78, 5) is 36.9. The maximum Gasteiger partial charge on any atom is 0.264 e. The Morgan fingerprint density at radius 2 is 1.82 bits per heavy atom. The lowest BCUT2D eigenvalue weighted by Crippen LogP contribution is -2.49. The third-order valence-electron chi connectivity index (χ3n) is 5.17. The molecular weight excluding hydrogens is 352 g/mol. The first kappa shape index (κ1) is 20.3. The van der Waals surface area contributed by atoms with Crippen LogP contribution in [0.4, 0.5) is 0 Å². The van der Waals surface area contributed by atoms with Crippen LogP contribution < -0.4 is 5.56 Å². The molecule has 6 heteroatoms. The van der Waals surface area contributed by atoms with Crippen LogP contribution in [0.2, 0.25) is 0 Å². The molecule has 1 aliphatic rings. The van der Waals surface area contributed by atoms with Gasteiger partial charge in [0, 0.05) is 38.1 Å². The van der Waals surface area contributed by atoms with Crippen LogP contribution in [0.3, 0.4) is 0 Å². The number of piperazine rings is 1. The van der Waals surface area contributed by atoms with Crippen molar-refractivity contribution in [3.8, 4) is 0 Å². The fourth-order valence-electron chi connectivity index (χ4n) is 3.53. The number of benzene rings is 1. The highest BCUT2D eigenvalue weighted by Gasteiger charge is 2.27. The van der Waals surface area contributed by atoms with Crippen LogP contribution in [0.1, 0.15) is 53.8 Å². The number of nitrogens with zero attached hydrogens (tertiary/aromatic N) is 3. The van der Waals surface area contributed by atoms with Crippen LogP contribution in [-0.2, 0) is 12.0 Å². The van der Waals surface area contributed by atoms with E-state index >= 15 is 0 Å². The Morgan fingerprint density at radius 1 is 1.14 bits per heavy atom. The SMILES string of the molecule is Cc1cccc(CN2CCN(C(=O)c3c(C)nc(C(C)(C)C)[nH]c3=O)CC2)c1. The van der Waals surface area contributed by atoms with Crippen LogP contribution in [0, 0.1) is 13.8 Å². The summed E-state index contributed by atoms with van der Waals surface area (Å²) in [6.45, 7) is 13.5. The molecular formula is C22H30N4O2. The molecule has 1 amide bonds. The molecule has 1 aromatic carbocycles. The number of carbonyl (C=O) groups is 1. The van der Waals surface area contributed by atoms with E-state index < -0.39 is 0 Å². The quantitative estimate of drug-likeness (QED) is 0.886. The standard InChI is InChI=1S/C22H30N4O2/c1-15-7-6-8-17(13-15)14-25-9-11-26(12-10-25)20(28)18-16(2)23-21(22(3,4)5)24-19(18)27/h6-8,13H,9-12,14H2,1-5H3,(H,23,24,27). The zero-order valence-electron chi connectivity index (χ0n) is 17.5. The lowest BCUT2D eigenvalue weighted by atomic mass is 9.95. The van der Waals surface area contributed by atoms with Crippen LogP contribution in [0.25, 0.3) is 0 Å². The van der Waals surface area contributed by atoms with Gasteiger partial charge < -0.3 is 9.88 Å². The van der Waals surface area contributed by atoms with E-state index in [1.165, 1.54) is 11.1 Å². The Morgan fingerprint density at radius 3 is 2.39 bits per heavy atom. The summed E-state index contributed by atoms with van der Waals surface area (Å²) < 4.78 is 0. The summed E-state index contributed by atoms with van der Waals surface area (Å²) in [7, 11) is 0. The molecule has 2 aromatic rings. The number of rotatable bonds is 3. The molecule has 2 heterocycles. The largest absolute Gasteiger partial charge is 0.336 e. The Hall–Kier alpha value is -2.47. The summed E-state index contributed by atoms with van der Waals surface area (Å²) in [6.07, 6.45) is 0. The number of aryl methyl sites for hydroxylation is 2. The fraction of sp³-hybridized carbons (Fsp3) is 0.500. The molecule has 0 saturated carbocycles. The number of aromatic amines is 1. The van der Waals surface area contributed by atoms with Gasteiger partial charge in [0.05, 0.1) is 5.69 Å². The number of hydrogen-bond acceptors (Lipinski definition) is 4. The number of nitrogens with one attached hydrogen (secondary N) is 1. The van der Waals surface area contributed by atoms with Gasteiger partial charge in [-0.25, -0.2) is 4.98 Å². The highest BCUT2D eigenvalue weighted by Crippen LogP contribution is 2.18. The first-order valence-electron chi connectivity index (χ1n) is 9.84. The fourth-order valence-corrected chi connectivity index (χ4v) is 3.53. The van der Waals surface area contributed by atoms with Gasteiger partial charge in [-0.15, -0.1) is 0 Å². The highest BCUT2D eigenvalue weighted by molar-refractivity contribution is 5.94. The molecule has 0 atom stereocenters. The molecule has 0 radical (unpaired) electrons. The van der Waals surface area contributed by atoms with E-state index in [0.29, 0.717) is 24.6 Å². The Labute approximate surface area is 166 Å². The van der Waals surface area contributed by atoms with E-state index in [9.17, 15) is 9.59 Å². The maximum absolute atomic E-state index is 13.0. The molecule has 1 N–H and O–H groups in total. The second kappa shape index (κ2) is 7.87. The van der Waals surface area contributed by atoms with Gasteiger partial charge in [-0.05, 0) is 19.4 Å². The second-order valence-electron chi connectivity index (χ2n) is 8.68. The normalized spacial score (nSPS) is 15.7. The van der Waals surface area contributed by atoms with Gasteiger partial charge in [0.2, 0.25) is 0 Å². The number of carbonyl (C=O) groups excluding carboxylic acids is 1. The monoisotopic (exact) mass is 382 g/mol. The van der Waals surface area contributed by atoms with Crippen molar-refractivity contribution in [2.24, 2.45) is 0 Å². The first-order valence-corrected chi connectivity index (χ1v) is 9.84. The van der Waals surface area contributed by atoms with Crippen molar-refractivity contribution in [2.45, 2.75) is 46.6 Å². The van der Waals surface area contributed by atoms with E-state index in [4.69, 9.17) is 0 Å². The second-order valence-corrected chi connectivity index (χ2v) is 8.68. The van der Waals surface area contributed by atoms with E-state index in [1.807, 2.05) is 20.8 Å². The minimum atomic E-state index is -0.343. The van der Waals surface area contributed by atoms with Gasteiger partial charge in [-0.3, -0.25) is 14.5 Å². The molecule has 0 spiro atoms. The zero-order valence-corrected chi connectivity index (χ0v) is 17.5. The molecule has 1 saturated heterocycles. The van der Waals surface area contributed by atoms with Crippen LogP contribution in [-0.4, -0.2) is 51.9 Å². The average Bonchev–Trinajstić information content (AvgIpc) is 2.61. The van der Waals surface area contributed by atoms with Gasteiger partial charge >= 0.3 is 0 Å². The van der Waals surface area contributed by atoms with Crippen molar-refractivity contribution >= 4 is 5.91 Å². The molecule has 1 aromatic heterocycles. The smallest absolute Gasteiger partial charge is 0.264 e. The van der Waals surface area contributed by atoms with E-state index in [-0.39, 0.29) is 22.4 Å². The van der Waals surface area contributed by atoms with Crippen molar-refractivity contribution in [2.75, 3.05) is 26.2 Å². The highest BCUT2D eigenvalue weighted by atomic mass is 16.2. The third-order valence-corrected chi connectivity index (χ3v) is 5.17. The van der Waals surface area contributed by atoms with Crippen LogP contribution in [0.5, 0.6) is 0 Å². The number of H-pyrrole nitrogens is 1.